The van der Waals surface area contributed by atoms with E-state index < -0.39 is 46.4 Å². The summed E-state index contributed by atoms with van der Waals surface area (Å²) in [6, 6.07) is 4.26. The Kier molecular flexibility index (Phi) is 3.02. The van der Waals surface area contributed by atoms with Crippen LogP contribution in [-0.2, 0) is 14.3 Å². The second-order valence-corrected chi connectivity index (χ2v) is 6.93. The molecule has 2 fully saturated rings. The van der Waals surface area contributed by atoms with Crippen LogP contribution in [-0.4, -0.2) is 39.7 Å². The molecule has 0 spiro atoms. The Bertz CT molecular complexity index is 865. The summed E-state index contributed by atoms with van der Waals surface area (Å²) in [4.78, 5) is 37.5. The highest BCUT2D eigenvalue weighted by Crippen LogP contribution is 2.57. The van der Waals surface area contributed by atoms with Crippen LogP contribution in [0.15, 0.2) is 30.4 Å². The van der Waals surface area contributed by atoms with Crippen molar-refractivity contribution in [1.29, 1.82) is 0 Å². The first kappa shape index (κ1) is 15.9. The third-order valence-corrected chi connectivity index (χ3v) is 5.45. The van der Waals surface area contributed by atoms with E-state index in [9.17, 15) is 24.8 Å². The van der Waals surface area contributed by atoms with Gasteiger partial charge in [-0.25, -0.2) is 4.90 Å². The summed E-state index contributed by atoms with van der Waals surface area (Å²) in [6.45, 7) is 2.88. The monoisotopic (exact) mass is 344 g/mol. The quantitative estimate of drug-likeness (QED) is 0.380. The van der Waals surface area contributed by atoms with Crippen LogP contribution in [0.3, 0.4) is 0 Å². The van der Waals surface area contributed by atoms with E-state index >= 15 is 0 Å². The molecule has 8 nitrogen and oxygen atoms in total. The molecule has 0 aliphatic carbocycles. The van der Waals surface area contributed by atoms with Crippen LogP contribution < -0.4 is 4.90 Å². The van der Waals surface area contributed by atoms with Gasteiger partial charge in [-0.15, -0.1) is 0 Å². The Hall–Kier alpha value is -2.58. The number of nitro groups is 1. The van der Waals surface area contributed by atoms with Gasteiger partial charge in [-0.2, -0.15) is 0 Å². The van der Waals surface area contributed by atoms with Crippen molar-refractivity contribution in [1.82, 2.24) is 0 Å². The molecule has 1 aromatic carbocycles. The van der Waals surface area contributed by atoms with Gasteiger partial charge in [0.25, 0.3) is 5.69 Å². The molecule has 25 heavy (non-hydrogen) atoms. The lowest BCUT2D eigenvalue weighted by Crippen LogP contribution is -2.43. The number of ether oxygens (including phenoxy) is 1. The number of hydrogen-bond acceptors (Lipinski definition) is 6. The highest BCUT2D eigenvalue weighted by molar-refractivity contribution is 6.23. The molecule has 8 heteroatoms. The largest absolute Gasteiger partial charge is 0.393 e. The Labute approximate surface area is 142 Å². The number of nitrogens with zero attached hydrogens (tertiary/aromatic N) is 2. The first-order valence-corrected chi connectivity index (χ1v) is 7.88. The van der Waals surface area contributed by atoms with E-state index in [4.69, 9.17) is 4.74 Å². The van der Waals surface area contributed by atoms with Gasteiger partial charge in [0.1, 0.15) is 5.60 Å². The number of fused-ring (bicyclic) bond motifs is 5. The van der Waals surface area contributed by atoms with Crippen molar-refractivity contribution in [3.8, 4) is 0 Å². The molecule has 0 aromatic heterocycles. The van der Waals surface area contributed by atoms with Gasteiger partial charge in [0.05, 0.1) is 34.7 Å². The number of anilines is 1. The first-order chi connectivity index (χ1) is 11.7. The summed E-state index contributed by atoms with van der Waals surface area (Å²) < 4.78 is 5.83. The van der Waals surface area contributed by atoms with E-state index in [2.05, 4.69) is 0 Å². The number of aliphatic hydroxyl groups is 1. The maximum Gasteiger partial charge on any atom is 0.274 e. The van der Waals surface area contributed by atoms with Crippen molar-refractivity contribution in [2.45, 2.75) is 25.0 Å². The lowest BCUT2D eigenvalue weighted by Gasteiger charge is -2.26. The Morgan fingerprint density at radius 3 is 2.60 bits per heavy atom. The zero-order chi connectivity index (χ0) is 18.1. The van der Waals surface area contributed by atoms with Crippen LogP contribution in [0, 0.1) is 28.9 Å². The molecular weight excluding hydrogens is 328 g/mol. The normalized spacial score (nSPS) is 35.6. The van der Waals surface area contributed by atoms with Crippen LogP contribution in [0.4, 0.5) is 11.4 Å². The number of carbonyl (C=O) groups is 2. The van der Waals surface area contributed by atoms with Crippen molar-refractivity contribution in [3.63, 3.8) is 0 Å². The zero-order valence-electron chi connectivity index (χ0n) is 13.6. The smallest absolute Gasteiger partial charge is 0.274 e. The summed E-state index contributed by atoms with van der Waals surface area (Å²) in [5.74, 6) is -2.55. The molecule has 3 heterocycles. The van der Waals surface area contributed by atoms with Gasteiger partial charge >= 0.3 is 0 Å². The van der Waals surface area contributed by atoms with E-state index in [1.807, 2.05) is 0 Å². The molecule has 4 atom stereocenters. The summed E-state index contributed by atoms with van der Waals surface area (Å²) in [7, 11) is 0. The molecule has 2 bridgehead atoms. The molecule has 4 unspecified atom stereocenters. The standard InChI is InChI=1S/C17H16N2O6/c1-9-3-4-10(7-11(9)19(23)24)18-14(21)12-13(15(18)22)17(8-20)6-5-16(12,2)25-17/h3-7,12-13,20H,8H2,1-2H3. The molecule has 2 saturated heterocycles. The maximum absolute atomic E-state index is 13.0. The molecule has 1 aromatic rings. The van der Waals surface area contributed by atoms with Crippen LogP contribution >= 0.6 is 0 Å². The second-order valence-electron chi connectivity index (χ2n) is 6.93. The minimum Gasteiger partial charge on any atom is -0.393 e. The average molecular weight is 344 g/mol. The Morgan fingerprint density at radius 2 is 1.96 bits per heavy atom. The van der Waals surface area contributed by atoms with Crippen molar-refractivity contribution in [3.05, 3.63) is 46.0 Å². The van der Waals surface area contributed by atoms with Gasteiger partial charge < -0.3 is 9.84 Å². The number of amides is 2. The molecule has 2 amide bonds. The number of rotatable bonds is 3. The van der Waals surface area contributed by atoms with E-state index in [1.165, 1.54) is 18.2 Å². The molecule has 1 N–H and O–H groups in total. The van der Waals surface area contributed by atoms with Crippen LogP contribution in [0.2, 0.25) is 0 Å². The van der Waals surface area contributed by atoms with Gasteiger partial charge in [-0.05, 0) is 19.9 Å². The van der Waals surface area contributed by atoms with Crippen LogP contribution in [0.5, 0.6) is 0 Å². The molecule has 4 rings (SSSR count). The third-order valence-electron chi connectivity index (χ3n) is 5.45. The number of carbonyl (C=O) groups excluding carboxylic acids is 2. The van der Waals surface area contributed by atoms with Gasteiger partial charge in [-0.3, -0.25) is 19.7 Å². The molecule has 130 valence electrons. The lowest BCUT2D eigenvalue weighted by molar-refractivity contribution is -0.385. The third kappa shape index (κ3) is 1.83. The SMILES string of the molecule is Cc1ccc(N2C(=O)C3C(C2=O)C2(CO)C=CC3(C)O2)cc1[N+](=O)[O-]. The number of imide groups is 1. The minimum absolute atomic E-state index is 0.157. The van der Waals surface area contributed by atoms with E-state index in [-0.39, 0.29) is 11.4 Å². The van der Waals surface area contributed by atoms with Crippen molar-refractivity contribution in [2.24, 2.45) is 11.8 Å². The fourth-order valence-corrected chi connectivity index (χ4v) is 4.23. The minimum atomic E-state index is -1.21. The van der Waals surface area contributed by atoms with Gasteiger partial charge in [0, 0.05) is 11.6 Å². The van der Waals surface area contributed by atoms with Crippen molar-refractivity contribution < 1.29 is 24.4 Å². The zero-order valence-corrected chi connectivity index (χ0v) is 13.6. The van der Waals surface area contributed by atoms with E-state index in [0.717, 1.165) is 4.90 Å². The highest BCUT2D eigenvalue weighted by Gasteiger charge is 2.72. The molecular formula is C17H16N2O6. The number of nitro benzene ring substituents is 1. The molecule has 3 aliphatic rings. The summed E-state index contributed by atoms with van der Waals surface area (Å²) in [5, 5.41) is 20.9. The van der Waals surface area contributed by atoms with Crippen LogP contribution in [0.25, 0.3) is 0 Å². The lowest BCUT2D eigenvalue weighted by atomic mass is 9.73. The second kappa shape index (κ2) is 4.74. The molecule has 0 radical (unpaired) electrons. The predicted octanol–water partition coefficient (Wildman–Crippen LogP) is 1.10. The Morgan fingerprint density at radius 1 is 1.28 bits per heavy atom. The molecule has 0 saturated carbocycles. The van der Waals surface area contributed by atoms with Crippen LogP contribution in [0.1, 0.15) is 12.5 Å². The van der Waals surface area contributed by atoms with E-state index in [0.29, 0.717) is 5.56 Å². The number of aliphatic hydroxyl groups excluding tert-OH is 1. The van der Waals surface area contributed by atoms with Gasteiger partial charge in [0.15, 0.2) is 0 Å². The molecule has 3 aliphatic heterocycles. The van der Waals surface area contributed by atoms with Crippen molar-refractivity contribution >= 4 is 23.2 Å². The highest BCUT2D eigenvalue weighted by atomic mass is 16.6. The van der Waals surface area contributed by atoms with Crippen molar-refractivity contribution in [2.75, 3.05) is 11.5 Å². The fraction of sp³-hybridized carbons (Fsp3) is 0.412. The topological polar surface area (TPSA) is 110 Å². The summed E-state index contributed by atoms with van der Waals surface area (Å²) in [6.07, 6.45) is 3.34. The number of hydrogen-bond donors (Lipinski definition) is 1. The van der Waals surface area contributed by atoms with Gasteiger partial charge in [-0.1, -0.05) is 18.2 Å². The average Bonchev–Trinajstić information content (AvgIpc) is 3.14. The number of benzene rings is 1. The number of aryl methyl sites for hydroxylation is 1. The maximum atomic E-state index is 13.0. The summed E-state index contributed by atoms with van der Waals surface area (Å²) in [5.41, 5.74) is -1.73. The predicted molar refractivity (Wildman–Crippen MR) is 85.8 cm³/mol. The fourth-order valence-electron chi connectivity index (χ4n) is 4.23. The Balaban J connectivity index is 1.81. The summed E-state index contributed by atoms with van der Waals surface area (Å²) >= 11 is 0. The first-order valence-electron chi connectivity index (χ1n) is 7.88. The van der Waals surface area contributed by atoms with Gasteiger partial charge in [0.2, 0.25) is 11.8 Å². The van der Waals surface area contributed by atoms with E-state index in [1.54, 1.807) is 26.0 Å².